The van der Waals surface area contributed by atoms with Gasteiger partial charge in [-0.1, -0.05) is 6.07 Å². The minimum Gasteiger partial charge on any atom is -0.406 e. The first-order chi connectivity index (χ1) is 14.2. The van der Waals surface area contributed by atoms with Crippen molar-refractivity contribution in [1.82, 2.24) is 14.5 Å². The maximum absolute atomic E-state index is 13.5. The monoisotopic (exact) mass is 394 g/mol. The second-order valence-electron chi connectivity index (χ2n) is 7.56. The predicted molar refractivity (Wildman–Crippen MR) is 112 cm³/mol. The minimum absolute atomic E-state index is 0.193. The molecule has 1 N–H and O–H groups in total. The molecule has 1 saturated heterocycles. The Balaban J connectivity index is 1.18. The van der Waals surface area contributed by atoms with Crippen LogP contribution in [0.25, 0.3) is 22.0 Å². The van der Waals surface area contributed by atoms with Crippen LogP contribution in [0.1, 0.15) is 6.42 Å². The molecule has 4 aromatic rings. The fraction of sp³-hybridized carbons (Fsp3) is 0.318. The van der Waals surface area contributed by atoms with Gasteiger partial charge in [-0.2, -0.15) is 0 Å². The second kappa shape index (κ2) is 7.40. The average molecular weight is 394 g/mol. The molecule has 2 aromatic heterocycles. The van der Waals surface area contributed by atoms with Crippen molar-refractivity contribution in [2.75, 3.05) is 37.6 Å². The van der Waals surface area contributed by atoms with Gasteiger partial charge >= 0.3 is 5.76 Å². The molecule has 0 spiro atoms. The summed E-state index contributed by atoms with van der Waals surface area (Å²) in [7, 11) is 0. The number of halogens is 1. The molecule has 1 aliphatic heterocycles. The van der Waals surface area contributed by atoms with Crippen molar-refractivity contribution in [3.63, 3.8) is 0 Å². The molecular weight excluding hydrogens is 371 g/mol. The van der Waals surface area contributed by atoms with Crippen LogP contribution in [-0.4, -0.2) is 47.2 Å². The summed E-state index contributed by atoms with van der Waals surface area (Å²) in [5.41, 5.74) is 3.31. The summed E-state index contributed by atoms with van der Waals surface area (Å²) in [4.78, 5) is 19.0. The first kappa shape index (κ1) is 18.0. The number of aryl methyl sites for hydroxylation is 1. The molecule has 150 valence electrons. The van der Waals surface area contributed by atoms with Gasteiger partial charge in [0.1, 0.15) is 5.82 Å². The number of fused-ring (bicyclic) bond motifs is 2. The first-order valence-electron chi connectivity index (χ1n) is 10.0. The van der Waals surface area contributed by atoms with E-state index in [1.54, 1.807) is 6.07 Å². The van der Waals surface area contributed by atoms with Crippen LogP contribution in [0.15, 0.2) is 57.9 Å². The van der Waals surface area contributed by atoms with E-state index in [1.165, 1.54) is 6.07 Å². The summed E-state index contributed by atoms with van der Waals surface area (Å²) in [5.74, 6) is -0.606. The lowest BCUT2D eigenvalue weighted by Gasteiger charge is -2.36. The molecule has 3 heterocycles. The third kappa shape index (κ3) is 3.53. The number of nitrogens with one attached hydrogen (secondary N) is 1. The third-order valence-corrected chi connectivity index (χ3v) is 5.75. The van der Waals surface area contributed by atoms with Crippen LogP contribution in [-0.2, 0) is 6.54 Å². The van der Waals surface area contributed by atoms with Gasteiger partial charge in [0.25, 0.3) is 0 Å². The number of hydrogen-bond donors (Lipinski definition) is 1. The van der Waals surface area contributed by atoms with E-state index >= 15 is 0 Å². The Hall–Kier alpha value is -3.06. The molecule has 0 unspecified atom stereocenters. The molecule has 1 fully saturated rings. The molecule has 0 radical (unpaired) electrons. The van der Waals surface area contributed by atoms with Gasteiger partial charge < -0.3 is 13.9 Å². The lowest BCUT2D eigenvalue weighted by atomic mass is 10.2. The molecule has 0 atom stereocenters. The lowest BCUT2D eigenvalue weighted by molar-refractivity contribution is 0.251. The zero-order valence-electron chi connectivity index (χ0n) is 16.1. The molecule has 2 aromatic carbocycles. The first-order valence-corrected chi connectivity index (χ1v) is 10.0. The predicted octanol–water partition coefficient (Wildman–Crippen LogP) is 3.43. The SMILES string of the molecule is O=c1[nH]c2cccc(N3CCN(CCCn4ccc5ccc(F)cc54)CC3)c2o1. The van der Waals surface area contributed by atoms with Gasteiger partial charge in [0.05, 0.1) is 16.7 Å². The Labute approximate surface area is 167 Å². The van der Waals surface area contributed by atoms with Crippen LogP contribution in [0.5, 0.6) is 0 Å². The summed E-state index contributed by atoms with van der Waals surface area (Å²) in [6, 6.07) is 12.8. The summed E-state index contributed by atoms with van der Waals surface area (Å²) >= 11 is 0. The lowest BCUT2D eigenvalue weighted by Crippen LogP contribution is -2.46. The molecule has 0 saturated carbocycles. The Morgan fingerprint density at radius 1 is 1.03 bits per heavy atom. The van der Waals surface area contributed by atoms with Crippen molar-refractivity contribution in [2.24, 2.45) is 0 Å². The molecule has 29 heavy (non-hydrogen) atoms. The number of nitrogens with zero attached hydrogens (tertiary/aromatic N) is 3. The van der Waals surface area contributed by atoms with E-state index in [9.17, 15) is 9.18 Å². The van der Waals surface area contributed by atoms with Crippen LogP contribution < -0.4 is 10.7 Å². The standard InChI is InChI=1S/C22H23FN4O2/c23-17-6-5-16-7-10-26(20(16)15-17)9-2-8-25-11-13-27(14-12-25)19-4-1-3-18-21(19)29-22(28)24-18/h1,3-7,10,15H,2,8-9,11-14H2,(H,24,28). The Morgan fingerprint density at radius 3 is 2.76 bits per heavy atom. The highest BCUT2D eigenvalue weighted by atomic mass is 19.1. The van der Waals surface area contributed by atoms with Gasteiger partial charge in [-0.3, -0.25) is 9.88 Å². The van der Waals surface area contributed by atoms with Gasteiger partial charge in [-0.15, -0.1) is 0 Å². The number of H-pyrrole nitrogens is 1. The third-order valence-electron chi connectivity index (χ3n) is 5.75. The molecule has 0 aliphatic carbocycles. The van der Waals surface area contributed by atoms with Gasteiger partial charge in [-0.25, -0.2) is 9.18 Å². The Kier molecular flexibility index (Phi) is 4.60. The largest absolute Gasteiger partial charge is 0.417 e. The molecule has 1 aliphatic rings. The number of anilines is 1. The highest BCUT2D eigenvalue weighted by molar-refractivity contribution is 5.86. The number of oxazole rings is 1. The van der Waals surface area contributed by atoms with Gasteiger partial charge in [-0.05, 0) is 54.8 Å². The smallest absolute Gasteiger partial charge is 0.406 e. The van der Waals surface area contributed by atoms with Crippen LogP contribution in [0.2, 0.25) is 0 Å². The van der Waals surface area contributed by atoms with Gasteiger partial charge in [0.15, 0.2) is 5.58 Å². The molecule has 0 bridgehead atoms. The number of aromatic amines is 1. The van der Waals surface area contributed by atoms with Crippen molar-refractivity contribution in [3.05, 3.63) is 65.0 Å². The number of piperazine rings is 1. The van der Waals surface area contributed by atoms with Crippen LogP contribution >= 0.6 is 0 Å². The number of aromatic nitrogens is 2. The normalized spacial score (nSPS) is 15.6. The Morgan fingerprint density at radius 2 is 1.90 bits per heavy atom. The van der Waals surface area contributed by atoms with Crippen molar-refractivity contribution >= 4 is 27.7 Å². The van der Waals surface area contributed by atoms with Gasteiger partial charge in [0, 0.05) is 38.9 Å². The summed E-state index contributed by atoms with van der Waals surface area (Å²) < 4.78 is 21.0. The van der Waals surface area contributed by atoms with E-state index in [-0.39, 0.29) is 5.82 Å². The van der Waals surface area contributed by atoms with Crippen LogP contribution in [0.3, 0.4) is 0 Å². The number of rotatable bonds is 5. The van der Waals surface area contributed by atoms with E-state index in [0.717, 1.165) is 67.8 Å². The zero-order chi connectivity index (χ0) is 19.8. The van der Waals surface area contributed by atoms with E-state index in [2.05, 4.69) is 19.4 Å². The minimum atomic E-state index is -0.413. The number of benzene rings is 2. The van der Waals surface area contributed by atoms with E-state index in [1.807, 2.05) is 36.5 Å². The van der Waals surface area contributed by atoms with Crippen LogP contribution in [0.4, 0.5) is 10.1 Å². The summed E-state index contributed by atoms with van der Waals surface area (Å²) in [6.45, 7) is 5.60. The van der Waals surface area contributed by atoms with Crippen LogP contribution in [0, 0.1) is 5.82 Å². The van der Waals surface area contributed by atoms with Crippen molar-refractivity contribution < 1.29 is 8.81 Å². The highest BCUT2D eigenvalue weighted by Gasteiger charge is 2.20. The Bertz CT molecular complexity index is 1200. The van der Waals surface area contributed by atoms with Gasteiger partial charge in [0.2, 0.25) is 0 Å². The van der Waals surface area contributed by atoms with E-state index < -0.39 is 5.76 Å². The number of hydrogen-bond acceptors (Lipinski definition) is 4. The molecule has 7 heteroatoms. The molecule has 6 nitrogen and oxygen atoms in total. The average Bonchev–Trinajstić information content (AvgIpc) is 3.30. The maximum atomic E-state index is 13.5. The zero-order valence-corrected chi connectivity index (χ0v) is 16.1. The fourth-order valence-electron chi connectivity index (χ4n) is 4.24. The molecule has 0 amide bonds. The summed E-state index contributed by atoms with van der Waals surface area (Å²) in [5, 5.41) is 1.07. The van der Waals surface area contributed by atoms with Crippen molar-refractivity contribution in [1.29, 1.82) is 0 Å². The second-order valence-corrected chi connectivity index (χ2v) is 7.56. The highest BCUT2D eigenvalue weighted by Crippen LogP contribution is 2.26. The van der Waals surface area contributed by atoms with E-state index in [4.69, 9.17) is 4.42 Å². The van der Waals surface area contributed by atoms with Crippen molar-refractivity contribution in [3.8, 4) is 0 Å². The van der Waals surface area contributed by atoms with E-state index in [0.29, 0.717) is 5.58 Å². The number of para-hydroxylation sites is 1. The molecule has 5 rings (SSSR count). The summed E-state index contributed by atoms with van der Waals surface area (Å²) in [6.07, 6.45) is 3.05. The quantitative estimate of drug-likeness (QED) is 0.564. The fourth-order valence-corrected chi connectivity index (χ4v) is 4.24. The topological polar surface area (TPSA) is 57.4 Å². The van der Waals surface area contributed by atoms with Crippen molar-refractivity contribution in [2.45, 2.75) is 13.0 Å². The maximum Gasteiger partial charge on any atom is 0.417 e. The molecular formula is C22H23FN4O2.